The molecular weight excluding hydrogens is 348 g/mol. The Kier molecular flexibility index (Phi) is 5.65. The minimum Gasteiger partial charge on any atom is -0.381 e. The summed E-state index contributed by atoms with van der Waals surface area (Å²) in [4.78, 5) is 4.47. The molecule has 0 amide bonds. The van der Waals surface area contributed by atoms with Gasteiger partial charge in [-0.05, 0) is 12.8 Å². The van der Waals surface area contributed by atoms with E-state index in [2.05, 4.69) is 10.1 Å². The van der Waals surface area contributed by atoms with Crippen molar-refractivity contribution in [3.05, 3.63) is 29.0 Å². The van der Waals surface area contributed by atoms with Crippen molar-refractivity contribution >= 4 is 21.4 Å². The molecule has 0 atom stereocenters. The molecule has 0 aliphatic carbocycles. The first kappa shape index (κ1) is 17.5. The van der Waals surface area contributed by atoms with Gasteiger partial charge in [-0.3, -0.25) is 4.68 Å². The molecule has 0 aromatic carbocycles. The van der Waals surface area contributed by atoms with Crippen LogP contribution in [0.25, 0.3) is 0 Å². The van der Waals surface area contributed by atoms with Crippen LogP contribution in [0.15, 0.2) is 28.9 Å². The van der Waals surface area contributed by atoms with Gasteiger partial charge in [0, 0.05) is 50.5 Å². The Morgan fingerprint density at radius 2 is 2.21 bits per heavy atom. The van der Waals surface area contributed by atoms with E-state index in [0.29, 0.717) is 32.7 Å². The average molecular weight is 371 g/mol. The van der Waals surface area contributed by atoms with Crippen molar-refractivity contribution in [3.8, 4) is 0 Å². The van der Waals surface area contributed by atoms with Crippen molar-refractivity contribution in [1.82, 2.24) is 19.1 Å². The Bertz CT molecular complexity index is 737. The zero-order valence-corrected chi connectivity index (χ0v) is 15.3. The van der Waals surface area contributed by atoms with Crippen molar-refractivity contribution < 1.29 is 13.2 Å². The van der Waals surface area contributed by atoms with Gasteiger partial charge < -0.3 is 4.74 Å². The highest BCUT2D eigenvalue weighted by molar-refractivity contribution is 7.89. The van der Waals surface area contributed by atoms with Crippen LogP contribution in [0.5, 0.6) is 0 Å². The third kappa shape index (κ3) is 3.85. The smallest absolute Gasteiger partial charge is 0.246 e. The van der Waals surface area contributed by atoms with Crippen molar-refractivity contribution in [1.29, 1.82) is 0 Å². The van der Waals surface area contributed by atoms with Crippen molar-refractivity contribution in [3.63, 3.8) is 0 Å². The summed E-state index contributed by atoms with van der Waals surface area (Å²) in [5.74, 6) is 0. The third-order valence-electron chi connectivity index (χ3n) is 4.19. The van der Waals surface area contributed by atoms with Gasteiger partial charge in [0.25, 0.3) is 0 Å². The van der Waals surface area contributed by atoms with Gasteiger partial charge in [-0.25, -0.2) is 13.4 Å². The summed E-state index contributed by atoms with van der Waals surface area (Å²) in [7, 11) is -3.53. The summed E-state index contributed by atoms with van der Waals surface area (Å²) in [6.45, 7) is 4.09. The molecule has 2 aromatic heterocycles. The standard InChI is InChI=1S/C15H22N4O3S2/c1-2-18(7-3-15-16-6-10-23-15)24(20,21)14-11-17-19(12-14)13-4-8-22-9-5-13/h6,10-13H,2-5,7-9H2,1H3. The lowest BCUT2D eigenvalue weighted by atomic mass is 10.1. The number of sulfonamides is 1. The zero-order chi connectivity index (χ0) is 17.0. The number of likely N-dealkylation sites (N-methyl/N-ethyl adjacent to an activating group) is 1. The lowest BCUT2D eigenvalue weighted by Crippen LogP contribution is -2.32. The fourth-order valence-corrected chi connectivity index (χ4v) is 4.80. The average Bonchev–Trinajstić information content (AvgIpc) is 3.28. The van der Waals surface area contributed by atoms with Gasteiger partial charge in [0.2, 0.25) is 10.0 Å². The van der Waals surface area contributed by atoms with Gasteiger partial charge in [-0.1, -0.05) is 6.92 Å². The van der Waals surface area contributed by atoms with Crippen LogP contribution in [-0.4, -0.2) is 53.8 Å². The number of aromatic nitrogens is 3. The fourth-order valence-electron chi connectivity index (χ4n) is 2.80. The van der Waals surface area contributed by atoms with E-state index in [1.165, 1.54) is 10.5 Å². The Balaban J connectivity index is 1.71. The highest BCUT2D eigenvalue weighted by Crippen LogP contribution is 2.23. The molecule has 1 fully saturated rings. The maximum Gasteiger partial charge on any atom is 0.246 e. The van der Waals surface area contributed by atoms with Crippen LogP contribution in [0.3, 0.4) is 0 Å². The second-order valence-electron chi connectivity index (χ2n) is 5.67. The molecule has 132 valence electrons. The lowest BCUT2D eigenvalue weighted by Gasteiger charge is -2.22. The molecule has 24 heavy (non-hydrogen) atoms. The monoisotopic (exact) mass is 370 g/mol. The molecule has 0 unspecified atom stereocenters. The number of thiazole rings is 1. The summed E-state index contributed by atoms with van der Waals surface area (Å²) in [5.41, 5.74) is 0. The first-order chi connectivity index (χ1) is 11.6. The van der Waals surface area contributed by atoms with E-state index in [1.54, 1.807) is 28.4 Å². The minimum absolute atomic E-state index is 0.216. The Morgan fingerprint density at radius 3 is 2.88 bits per heavy atom. The highest BCUT2D eigenvalue weighted by atomic mass is 32.2. The quantitative estimate of drug-likeness (QED) is 0.744. The third-order valence-corrected chi connectivity index (χ3v) is 6.96. The number of hydrogen-bond acceptors (Lipinski definition) is 6. The van der Waals surface area contributed by atoms with E-state index in [9.17, 15) is 8.42 Å². The van der Waals surface area contributed by atoms with Crippen molar-refractivity contribution in [2.75, 3.05) is 26.3 Å². The molecule has 1 aliphatic rings. The van der Waals surface area contributed by atoms with Crippen LogP contribution in [0.1, 0.15) is 30.8 Å². The van der Waals surface area contributed by atoms with E-state index in [-0.39, 0.29) is 10.9 Å². The number of ether oxygens (including phenoxy) is 1. The van der Waals surface area contributed by atoms with E-state index >= 15 is 0 Å². The molecule has 1 aliphatic heterocycles. The van der Waals surface area contributed by atoms with Gasteiger partial charge in [0.05, 0.1) is 17.2 Å². The largest absolute Gasteiger partial charge is 0.381 e. The lowest BCUT2D eigenvalue weighted by molar-refractivity contribution is 0.0662. The highest BCUT2D eigenvalue weighted by Gasteiger charge is 2.26. The van der Waals surface area contributed by atoms with Gasteiger partial charge in [0.1, 0.15) is 4.90 Å². The van der Waals surface area contributed by atoms with Gasteiger partial charge in [-0.15, -0.1) is 11.3 Å². The number of nitrogens with zero attached hydrogens (tertiary/aromatic N) is 4. The molecular formula is C15H22N4O3S2. The van der Waals surface area contributed by atoms with Gasteiger partial charge >= 0.3 is 0 Å². The Hall–Kier alpha value is -1.29. The molecule has 2 aromatic rings. The first-order valence-electron chi connectivity index (χ1n) is 8.11. The van der Waals surface area contributed by atoms with Crippen LogP contribution < -0.4 is 0 Å². The molecule has 0 spiro atoms. The summed E-state index contributed by atoms with van der Waals surface area (Å²) in [6.07, 6.45) is 7.20. The molecule has 3 heterocycles. The van der Waals surface area contributed by atoms with E-state index in [1.807, 2.05) is 12.3 Å². The maximum absolute atomic E-state index is 12.8. The fraction of sp³-hybridized carbons (Fsp3) is 0.600. The summed E-state index contributed by atoms with van der Waals surface area (Å²) in [5, 5.41) is 7.12. The maximum atomic E-state index is 12.8. The van der Waals surface area contributed by atoms with Crippen LogP contribution in [0, 0.1) is 0 Å². The van der Waals surface area contributed by atoms with Gasteiger partial charge in [0.15, 0.2) is 0 Å². The van der Waals surface area contributed by atoms with Crippen LogP contribution in [0.2, 0.25) is 0 Å². The summed E-state index contributed by atoms with van der Waals surface area (Å²) >= 11 is 1.54. The molecule has 9 heteroatoms. The number of rotatable bonds is 7. The van der Waals surface area contributed by atoms with E-state index in [0.717, 1.165) is 17.8 Å². The summed E-state index contributed by atoms with van der Waals surface area (Å²) in [6, 6.07) is 0.216. The number of hydrogen-bond donors (Lipinski definition) is 0. The van der Waals surface area contributed by atoms with Crippen LogP contribution in [0.4, 0.5) is 0 Å². The van der Waals surface area contributed by atoms with Crippen LogP contribution >= 0.6 is 11.3 Å². The molecule has 0 radical (unpaired) electrons. The second-order valence-corrected chi connectivity index (χ2v) is 8.59. The molecule has 7 nitrogen and oxygen atoms in total. The molecule has 3 rings (SSSR count). The van der Waals surface area contributed by atoms with Crippen LogP contribution in [-0.2, 0) is 21.2 Å². The van der Waals surface area contributed by atoms with E-state index < -0.39 is 10.0 Å². The molecule has 0 bridgehead atoms. The predicted molar refractivity (Wildman–Crippen MR) is 91.6 cm³/mol. The van der Waals surface area contributed by atoms with Crippen molar-refractivity contribution in [2.45, 2.75) is 37.1 Å². The first-order valence-corrected chi connectivity index (χ1v) is 10.4. The van der Waals surface area contributed by atoms with Crippen molar-refractivity contribution in [2.24, 2.45) is 0 Å². The van der Waals surface area contributed by atoms with Gasteiger partial charge in [-0.2, -0.15) is 9.40 Å². The summed E-state index contributed by atoms with van der Waals surface area (Å²) < 4.78 is 34.3. The predicted octanol–water partition coefficient (Wildman–Crippen LogP) is 1.94. The zero-order valence-electron chi connectivity index (χ0n) is 13.7. The topological polar surface area (TPSA) is 77.3 Å². The Labute approximate surface area is 146 Å². The SMILES string of the molecule is CCN(CCc1nccs1)S(=O)(=O)c1cnn(C2CCOCC2)c1. The minimum atomic E-state index is -3.53. The molecule has 0 saturated carbocycles. The van der Waals surface area contributed by atoms with E-state index in [4.69, 9.17) is 4.74 Å². The normalized spacial score (nSPS) is 16.8. The molecule has 1 saturated heterocycles. The second kappa shape index (κ2) is 7.73. The Morgan fingerprint density at radius 1 is 1.42 bits per heavy atom. The molecule has 0 N–H and O–H groups in total.